The summed E-state index contributed by atoms with van der Waals surface area (Å²) in [6, 6.07) is 0. The van der Waals surface area contributed by atoms with E-state index in [-0.39, 0.29) is 47.8 Å². The van der Waals surface area contributed by atoms with Crippen LogP contribution in [0.15, 0.2) is 39.7 Å². The summed E-state index contributed by atoms with van der Waals surface area (Å²) in [4.78, 5) is 74.3. The number of carboxylic acid groups (broad SMARTS) is 2. The quantitative estimate of drug-likeness (QED) is 0.438. The number of ketones is 2. The molecule has 2 heterocycles. The standard InChI is InChI=1S/C14H18N4O4.C9H10O4/c1-9(19)5-3-4-6-18-13(21)11-12(16-14(18)22)15-8-17(11)7-10(2)20;1-9(8(12)13)4-2-3-6(5-9)7(10)11/h8H,3-7H2,1-2H3,(H,16,22);2-4H,5H2,1H3,(H,10,11)(H,12,13). The predicted molar refractivity (Wildman–Crippen MR) is 125 cm³/mol. The number of allylic oxidation sites excluding steroid dienone is 2. The van der Waals surface area contributed by atoms with E-state index in [4.69, 9.17) is 10.2 Å². The van der Waals surface area contributed by atoms with Crippen molar-refractivity contribution in [3.63, 3.8) is 0 Å². The third-order valence-electron chi connectivity index (χ3n) is 5.39. The van der Waals surface area contributed by atoms with Crippen LogP contribution in [0, 0.1) is 5.41 Å². The van der Waals surface area contributed by atoms with Gasteiger partial charge in [-0.25, -0.2) is 14.6 Å². The number of fused-ring (bicyclic) bond motifs is 1. The van der Waals surface area contributed by atoms with Crippen LogP contribution in [0.1, 0.15) is 46.5 Å². The van der Waals surface area contributed by atoms with E-state index in [1.165, 1.54) is 49.9 Å². The normalized spacial score (nSPS) is 16.8. The number of imidazole rings is 1. The lowest BCUT2D eigenvalue weighted by molar-refractivity contribution is -0.145. The molecule has 35 heavy (non-hydrogen) atoms. The minimum absolute atomic E-state index is 0.0299. The van der Waals surface area contributed by atoms with Gasteiger partial charge in [0.1, 0.15) is 11.6 Å². The van der Waals surface area contributed by atoms with Crippen LogP contribution < -0.4 is 11.2 Å². The molecule has 1 unspecified atom stereocenters. The number of hydrogen-bond donors (Lipinski definition) is 3. The first kappa shape index (κ1) is 27.2. The summed E-state index contributed by atoms with van der Waals surface area (Å²) in [5.41, 5.74) is -1.57. The Kier molecular flexibility index (Phi) is 8.81. The van der Waals surface area contributed by atoms with E-state index in [0.29, 0.717) is 19.3 Å². The number of carbonyl (C=O) groups excluding carboxylic acids is 2. The van der Waals surface area contributed by atoms with Gasteiger partial charge >= 0.3 is 17.6 Å². The Balaban J connectivity index is 0.000000283. The molecular weight excluding hydrogens is 460 g/mol. The van der Waals surface area contributed by atoms with E-state index < -0.39 is 28.6 Å². The SMILES string of the molecule is CC(=O)CCCCn1c(=O)[nH]c2ncn(CC(C)=O)c2c1=O.CC1(C(=O)O)C=CC=C(C(=O)O)C1. The van der Waals surface area contributed by atoms with E-state index in [9.17, 15) is 28.8 Å². The minimum atomic E-state index is -1.08. The van der Waals surface area contributed by atoms with Gasteiger partial charge in [-0.1, -0.05) is 18.2 Å². The van der Waals surface area contributed by atoms with Crippen LogP contribution in [-0.4, -0.2) is 52.8 Å². The zero-order valence-electron chi connectivity index (χ0n) is 19.7. The highest BCUT2D eigenvalue weighted by Crippen LogP contribution is 2.31. The zero-order chi connectivity index (χ0) is 26.3. The van der Waals surface area contributed by atoms with Crippen molar-refractivity contribution < 1.29 is 29.4 Å². The molecule has 12 nitrogen and oxygen atoms in total. The molecule has 0 amide bonds. The fraction of sp³-hybridized carbons (Fsp3) is 0.435. The Morgan fingerprint density at radius 1 is 1.11 bits per heavy atom. The summed E-state index contributed by atoms with van der Waals surface area (Å²) in [6.45, 7) is 4.68. The molecular formula is C23H28N4O8. The number of H-pyrrole nitrogens is 1. The zero-order valence-corrected chi connectivity index (χ0v) is 19.7. The number of carbonyl (C=O) groups is 4. The lowest BCUT2D eigenvalue weighted by atomic mass is 9.80. The lowest BCUT2D eigenvalue weighted by Crippen LogP contribution is -2.36. The highest BCUT2D eigenvalue weighted by Gasteiger charge is 2.34. The summed E-state index contributed by atoms with van der Waals surface area (Å²) in [5.74, 6) is -2.10. The second-order valence-corrected chi connectivity index (χ2v) is 8.57. The average Bonchev–Trinajstić information content (AvgIpc) is 3.15. The third kappa shape index (κ3) is 6.95. The third-order valence-corrected chi connectivity index (χ3v) is 5.39. The number of unbranched alkanes of at least 4 members (excludes halogenated alkanes) is 1. The predicted octanol–water partition coefficient (Wildman–Crippen LogP) is 1.28. The monoisotopic (exact) mass is 488 g/mol. The van der Waals surface area contributed by atoms with Crippen molar-refractivity contribution in [3.05, 3.63) is 51.0 Å². The van der Waals surface area contributed by atoms with Crippen molar-refractivity contribution in [2.24, 2.45) is 5.41 Å². The number of aliphatic carboxylic acids is 2. The Morgan fingerprint density at radius 3 is 2.37 bits per heavy atom. The van der Waals surface area contributed by atoms with Crippen LogP contribution in [0.2, 0.25) is 0 Å². The molecule has 2 aromatic heterocycles. The van der Waals surface area contributed by atoms with E-state index in [1.54, 1.807) is 0 Å². The minimum Gasteiger partial charge on any atom is -0.481 e. The maximum absolute atomic E-state index is 12.4. The molecule has 1 atom stereocenters. The van der Waals surface area contributed by atoms with Gasteiger partial charge in [0.15, 0.2) is 11.2 Å². The molecule has 1 aliphatic rings. The van der Waals surface area contributed by atoms with Gasteiger partial charge in [-0.3, -0.25) is 23.9 Å². The number of hydrogen-bond acceptors (Lipinski definition) is 7. The van der Waals surface area contributed by atoms with Crippen molar-refractivity contribution in [2.45, 2.75) is 59.5 Å². The molecule has 0 saturated heterocycles. The van der Waals surface area contributed by atoms with Gasteiger partial charge in [0.05, 0.1) is 18.3 Å². The highest BCUT2D eigenvalue weighted by atomic mass is 16.4. The molecule has 2 aromatic rings. The molecule has 0 spiro atoms. The highest BCUT2D eigenvalue weighted by molar-refractivity contribution is 5.90. The number of nitrogens with one attached hydrogen (secondary N) is 1. The molecule has 0 saturated carbocycles. The number of rotatable bonds is 9. The first-order chi connectivity index (χ1) is 16.4. The molecule has 0 radical (unpaired) electrons. The van der Waals surface area contributed by atoms with Crippen LogP contribution in [0.5, 0.6) is 0 Å². The van der Waals surface area contributed by atoms with Gasteiger partial charge < -0.3 is 19.6 Å². The molecule has 188 valence electrons. The van der Waals surface area contributed by atoms with Crippen LogP contribution >= 0.6 is 0 Å². The number of Topliss-reactive ketones (excluding diaryl/α,β-unsaturated/α-hetero) is 2. The Bertz CT molecular complexity index is 1330. The number of carboxylic acids is 2. The van der Waals surface area contributed by atoms with E-state index in [2.05, 4.69) is 9.97 Å². The van der Waals surface area contributed by atoms with Crippen molar-refractivity contribution in [3.8, 4) is 0 Å². The average molecular weight is 488 g/mol. The second-order valence-electron chi connectivity index (χ2n) is 8.57. The fourth-order valence-corrected chi connectivity index (χ4v) is 3.48. The molecule has 0 fully saturated rings. The molecule has 0 aliphatic heterocycles. The molecule has 3 N–H and O–H groups in total. The Labute approximate surface area is 199 Å². The van der Waals surface area contributed by atoms with Crippen molar-refractivity contribution in [1.29, 1.82) is 0 Å². The number of aromatic amines is 1. The molecule has 0 aromatic carbocycles. The van der Waals surface area contributed by atoms with Crippen molar-refractivity contribution in [2.75, 3.05) is 0 Å². The van der Waals surface area contributed by atoms with Gasteiger partial charge in [-0.15, -0.1) is 0 Å². The van der Waals surface area contributed by atoms with Gasteiger partial charge in [0.2, 0.25) is 0 Å². The van der Waals surface area contributed by atoms with Gasteiger partial charge in [-0.2, -0.15) is 0 Å². The van der Waals surface area contributed by atoms with Gasteiger partial charge in [-0.05, 0) is 40.0 Å². The Hall–Kier alpha value is -4.09. The first-order valence-corrected chi connectivity index (χ1v) is 10.9. The maximum Gasteiger partial charge on any atom is 0.331 e. The van der Waals surface area contributed by atoms with E-state index in [1.807, 2.05) is 0 Å². The van der Waals surface area contributed by atoms with Crippen LogP contribution in [-0.2, 0) is 32.3 Å². The van der Waals surface area contributed by atoms with E-state index in [0.717, 1.165) is 4.57 Å². The van der Waals surface area contributed by atoms with Gasteiger partial charge in [0.25, 0.3) is 5.56 Å². The Morgan fingerprint density at radius 2 is 1.80 bits per heavy atom. The van der Waals surface area contributed by atoms with Crippen molar-refractivity contribution in [1.82, 2.24) is 19.1 Å². The maximum atomic E-state index is 12.4. The molecule has 1 aliphatic carbocycles. The number of aromatic nitrogens is 4. The van der Waals surface area contributed by atoms with Crippen LogP contribution in [0.3, 0.4) is 0 Å². The summed E-state index contributed by atoms with van der Waals surface area (Å²) in [5, 5.41) is 17.5. The number of nitrogens with zero attached hydrogens (tertiary/aromatic N) is 3. The summed E-state index contributed by atoms with van der Waals surface area (Å²) >= 11 is 0. The molecule has 0 bridgehead atoms. The largest absolute Gasteiger partial charge is 0.481 e. The second kappa shape index (κ2) is 11.4. The van der Waals surface area contributed by atoms with Crippen molar-refractivity contribution >= 4 is 34.7 Å². The topological polar surface area (TPSA) is 181 Å². The van der Waals surface area contributed by atoms with Crippen LogP contribution in [0.25, 0.3) is 11.2 Å². The summed E-state index contributed by atoms with van der Waals surface area (Å²) in [7, 11) is 0. The lowest BCUT2D eigenvalue weighted by Gasteiger charge is -2.23. The van der Waals surface area contributed by atoms with Crippen LogP contribution in [0.4, 0.5) is 0 Å². The first-order valence-electron chi connectivity index (χ1n) is 10.9. The smallest absolute Gasteiger partial charge is 0.331 e. The summed E-state index contributed by atoms with van der Waals surface area (Å²) < 4.78 is 2.52. The van der Waals surface area contributed by atoms with Gasteiger partial charge in [0, 0.05) is 18.5 Å². The van der Waals surface area contributed by atoms with E-state index >= 15 is 0 Å². The molecule has 12 heteroatoms. The summed E-state index contributed by atoms with van der Waals surface area (Å²) in [6.07, 6.45) is 7.39. The molecule has 3 rings (SSSR count). The fourth-order valence-electron chi connectivity index (χ4n) is 3.48.